The van der Waals surface area contributed by atoms with Crippen molar-refractivity contribution in [2.45, 2.75) is 6.18 Å². The van der Waals surface area contributed by atoms with Gasteiger partial charge in [0.1, 0.15) is 5.75 Å². The van der Waals surface area contributed by atoms with Crippen LogP contribution in [0.1, 0.15) is 26.3 Å². The highest BCUT2D eigenvalue weighted by atomic mass is 19.4. The molecule has 31 heavy (non-hydrogen) atoms. The largest absolute Gasteiger partial charge is 0.496 e. The summed E-state index contributed by atoms with van der Waals surface area (Å²) in [5.74, 6) is -1.45. The van der Waals surface area contributed by atoms with E-state index < -0.39 is 23.6 Å². The summed E-state index contributed by atoms with van der Waals surface area (Å²) in [7, 11) is 2.79. The number of carbonyl (C=O) groups is 2. The van der Waals surface area contributed by atoms with Crippen LogP contribution in [-0.2, 0) is 13.2 Å². The summed E-state index contributed by atoms with van der Waals surface area (Å²) >= 11 is 0. The molecule has 0 unspecified atom stereocenters. The molecule has 0 bridgehead atoms. The molecule has 0 atom stereocenters. The van der Waals surface area contributed by atoms with E-state index in [1.165, 1.54) is 6.07 Å². The van der Waals surface area contributed by atoms with E-state index in [2.05, 4.69) is 5.32 Å². The number of nitrogens with one attached hydrogen (secondary N) is 1. The van der Waals surface area contributed by atoms with Crippen LogP contribution in [0.2, 0.25) is 0 Å². The van der Waals surface area contributed by atoms with Gasteiger partial charge in [0, 0.05) is 23.3 Å². The van der Waals surface area contributed by atoms with Crippen molar-refractivity contribution < 1.29 is 27.5 Å². The second-order valence-corrected chi connectivity index (χ2v) is 7.34. The molecule has 1 N–H and O–H groups in total. The third-order valence-electron chi connectivity index (χ3n) is 5.69. The fourth-order valence-corrected chi connectivity index (χ4v) is 4.31. The van der Waals surface area contributed by atoms with Gasteiger partial charge in [-0.15, -0.1) is 0 Å². The quantitative estimate of drug-likeness (QED) is 0.465. The Morgan fingerprint density at radius 3 is 2.26 bits per heavy atom. The minimum atomic E-state index is -4.61. The van der Waals surface area contributed by atoms with Crippen molar-refractivity contribution in [3.63, 3.8) is 0 Å². The van der Waals surface area contributed by atoms with Gasteiger partial charge in [0.2, 0.25) is 0 Å². The standard InChI is InChI=1S/C23H15F3N2O3/c1-28-15-10-14(23(24,25)26)17(31-2)9-13(15)18-16(28)8-12(11-6-4-3-5-7-11)19-20(18)22(30)27-21(19)29/h3-10H,1-2H3,(H,27,29,30). The van der Waals surface area contributed by atoms with Gasteiger partial charge in [0.25, 0.3) is 11.8 Å². The number of methoxy groups -OCH3 is 1. The Labute approximate surface area is 174 Å². The van der Waals surface area contributed by atoms with Crippen molar-refractivity contribution in [2.75, 3.05) is 7.11 Å². The predicted molar refractivity (Wildman–Crippen MR) is 109 cm³/mol. The molecule has 5 rings (SSSR count). The number of alkyl halides is 3. The summed E-state index contributed by atoms with van der Waals surface area (Å²) in [5.41, 5.74) is 1.56. The lowest BCUT2D eigenvalue weighted by atomic mass is 9.93. The van der Waals surface area contributed by atoms with E-state index in [0.29, 0.717) is 21.9 Å². The van der Waals surface area contributed by atoms with Crippen LogP contribution in [0.15, 0.2) is 48.5 Å². The van der Waals surface area contributed by atoms with Gasteiger partial charge < -0.3 is 9.30 Å². The van der Waals surface area contributed by atoms with Crippen LogP contribution < -0.4 is 10.1 Å². The number of benzene rings is 3. The first kappa shape index (κ1) is 19.2. The number of ether oxygens (including phenoxy) is 1. The third-order valence-corrected chi connectivity index (χ3v) is 5.69. The van der Waals surface area contributed by atoms with E-state index in [1.807, 2.05) is 30.3 Å². The highest BCUT2D eigenvalue weighted by Crippen LogP contribution is 2.44. The van der Waals surface area contributed by atoms with Crippen molar-refractivity contribution in [3.05, 3.63) is 65.2 Å². The van der Waals surface area contributed by atoms with Crippen molar-refractivity contribution in [3.8, 4) is 16.9 Å². The summed E-state index contributed by atoms with van der Waals surface area (Å²) in [5, 5.41) is 3.15. The van der Waals surface area contributed by atoms with Gasteiger partial charge in [-0.2, -0.15) is 13.2 Å². The molecule has 1 aliphatic rings. The van der Waals surface area contributed by atoms with Crippen LogP contribution in [0, 0.1) is 0 Å². The Hall–Kier alpha value is -3.81. The highest BCUT2D eigenvalue weighted by molar-refractivity contribution is 6.32. The first-order valence-corrected chi connectivity index (χ1v) is 9.37. The number of aromatic nitrogens is 1. The average Bonchev–Trinajstić information content (AvgIpc) is 3.19. The van der Waals surface area contributed by atoms with E-state index >= 15 is 0 Å². The third kappa shape index (κ3) is 2.64. The molecule has 8 heteroatoms. The van der Waals surface area contributed by atoms with E-state index in [0.717, 1.165) is 18.7 Å². The zero-order valence-electron chi connectivity index (χ0n) is 16.4. The summed E-state index contributed by atoms with van der Waals surface area (Å²) in [6.45, 7) is 0. The summed E-state index contributed by atoms with van der Waals surface area (Å²) in [6.07, 6.45) is -4.61. The number of hydrogen-bond donors (Lipinski definition) is 1. The lowest BCUT2D eigenvalue weighted by Crippen LogP contribution is -2.20. The molecule has 0 fully saturated rings. The van der Waals surface area contributed by atoms with Crippen molar-refractivity contribution in [1.82, 2.24) is 9.88 Å². The lowest BCUT2D eigenvalue weighted by molar-refractivity contribution is -0.138. The molecule has 156 valence electrons. The zero-order chi connectivity index (χ0) is 22.1. The van der Waals surface area contributed by atoms with Gasteiger partial charge in [-0.1, -0.05) is 30.3 Å². The summed E-state index contributed by atoms with van der Waals surface area (Å²) < 4.78 is 47.3. The van der Waals surface area contributed by atoms with E-state index in [9.17, 15) is 22.8 Å². The van der Waals surface area contributed by atoms with E-state index in [-0.39, 0.29) is 22.4 Å². The molecule has 0 aliphatic carbocycles. The zero-order valence-corrected chi connectivity index (χ0v) is 16.4. The maximum atomic E-state index is 13.6. The van der Waals surface area contributed by atoms with Gasteiger partial charge in [0.15, 0.2) is 0 Å². The Morgan fingerprint density at radius 1 is 0.935 bits per heavy atom. The molecule has 1 aromatic heterocycles. The number of rotatable bonds is 2. The molecule has 0 saturated carbocycles. The molecule has 4 aromatic rings. The van der Waals surface area contributed by atoms with E-state index in [4.69, 9.17) is 4.74 Å². The van der Waals surface area contributed by atoms with Crippen molar-refractivity contribution >= 4 is 33.6 Å². The smallest absolute Gasteiger partial charge is 0.420 e. The number of imide groups is 1. The van der Waals surface area contributed by atoms with Crippen LogP contribution in [0.5, 0.6) is 5.75 Å². The van der Waals surface area contributed by atoms with Crippen LogP contribution >= 0.6 is 0 Å². The summed E-state index contributed by atoms with van der Waals surface area (Å²) in [6, 6.07) is 13.1. The fourth-order valence-electron chi connectivity index (χ4n) is 4.31. The monoisotopic (exact) mass is 424 g/mol. The number of nitrogens with zero attached hydrogens (tertiary/aromatic N) is 1. The topological polar surface area (TPSA) is 60.3 Å². The second kappa shape index (κ2) is 6.34. The number of carbonyl (C=O) groups excluding carboxylic acids is 2. The molecule has 3 aromatic carbocycles. The molecule has 2 amide bonds. The predicted octanol–water partition coefficient (Wildman–Crippen LogP) is 4.91. The molecule has 0 spiro atoms. The SMILES string of the molecule is COc1cc2c3c4c(c(-c5ccccc5)cc3n(C)c2cc1C(F)(F)F)C(=O)NC4=O. The first-order chi connectivity index (χ1) is 14.7. The number of fused-ring (bicyclic) bond motifs is 5. The number of hydrogen-bond acceptors (Lipinski definition) is 3. The Kier molecular flexibility index (Phi) is 3.92. The normalized spacial score (nSPS) is 13.7. The fraction of sp³-hybridized carbons (Fsp3) is 0.130. The summed E-state index contributed by atoms with van der Waals surface area (Å²) in [4.78, 5) is 25.4. The van der Waals surface area contributed by atoms with Crippen LogP contribution in [0.4, 0.5) is 13.2 Å². The number of amides is 2. The maximum absolute atomic E-state index is 13.6. The van der Waals surface area contributed by atoms with Crippen LogP contribution in [-0.4, -0.2) is 23.5 Å². The van der Waals surface area contributed by atoms with Gasteiger partial charge in [-0.3, -0.25) is 14.9 Å². The van der Waals surface area contributed by atoms with E-state index in [1.54, 1.807) is 17.7 Å². The first-order valence-electron chi connectivity index (χ1n) is 9.37. The van der Waals surface area contributed by atoms with Crippen LogP contribution in [0.25, 0.3) is 32.9 Å². The molecule has 2 heterocycles. The Balaban J connectivity index is 1.98. The van der Waals surface area contributed by atoms with Gasteiger partial charge >= 0.3 is 6.18 Å². The number of aryl methyl sites for hydroxylation is 1. The Morgan fingerprint density at radius 2 is 1.61 bits per heavy atom. The molecule has 5 nitrogen and oxygen atoms in total. The molecular formula is C23H15F3N2O3. The molecule has 0 saturated heterocycles. The van der Waals surface area contributed by atoms with Gasteiger partial charge in [0.05, 0.1) is 29.3 Å². The van der Waals surface area contributed by atoms with Gasteiger partial charge in [-0.05, 0) is 29.3 Å². The molecule has 1 aliphatic heterocycles. The minimum Gasteiger partial charge on any atom is -0.496 e. The Bertz CT molecular complexity index is 1420. The maximum Gasteiger partial charge on any atom is 0.420 e. The number of halogens is 3. The second-order valence-electron chi connectivity index (χ2n) is 7.34. The van der Waals surface area contributed by atoms with Crippen molar-refractivity contribution in [2.24, 2.45) is 7.05 Å². The molecule has 0 radical (unpaired) electrons. The van der Waals surface area contributed by atoms with Gasteiger partial charge in [-0.25, -0.2) is 0 Å². The lowest BCUT2D eigenvalue weighted by Gasteiger charge is -2.12. The average molecular weight is 424 g/mol. The van der Waals surface area contributed by atoms with Crippen LogP contribution in [0.3, 0.4) is 0 Å². The molecular weight excluding hydrogens is 409 g/mol. The minimum absolute atomic E-state index is 0.161. The highest BCUT2D eigenvalue weighted by Gasteiger charge is 2.37. The van der Waals surface area contributed by atoms with Crippen molar-refractivity contribution in [1.29, 1.82) is 0 Å².